The number of aromatic nitrogens is 2. The molecule has 2 fully saturated rings. The number of amides is 1. The molecule has 2 bridgehead atoms. The number of rotatable bonds is 3. The van der Waals surface area contributed by atoms with Crippen molar-refractivity contribution in [3.63, 3.8) is 0 Å². The van der Waals surface area contributed by atoms with Crippen LogP contribution in [0.25, 0.3) is 0 Å². The lowest BCUT2D eigenvalue weighted by molar-refractivity contribution is 0.0338. The van der Waals surface area contributed by atoms with E-state index < -0.39 is 0 Å². The van der Waals surface area contributed by atoms with Gasteiger partial charge in [-0.1, -0.05) is 17.7 Å². The van der Waals surface area contributed by atoms with Gasteiger partial charge in [0.1, 0.15) is 5.69 Å². The van der Waals surface area contributed by atoms with Crippen molar-refractivity contribution in [1.29, 1.82) is 0 Å². The van der Waals surface area contributed by atoms with Gasteiger partial charge in [-0.3, -0.25) is 14.5 Å². The highest BCUT2D eigenvalue weighted by Crippen LogP contribution is 2.35. The first kappa shape index (κ1) is 19.7. The van der Waals surface area contributed by atoms with E-state index in [1.807, 2.05) is 15.5 Å². The maximum atomic E-state index is 13.2. The number of likely N-dealkylation sites (tertiary alicyclic amines) is 1. The molecule has 0 aliphatic carbocycles. The molecule has 2 saturated heterocycles. The number of pyridine rings is 2. The molecule has 2 atom stereocenters. The van der Waals surface area contributed by atoms with Crippen LogP contribution in [0, 0.1) is 5.92 Å². The van der Waals surface area contributed by atoms with Crippen LogP contribution >= 0.6 is 11.6 Å². The molecule has 5 rings (SSSR count). The van der Waals surface area contributed by atoms with E-state index in [2.05, 4.69) is 16.0 Å². The Hall–Kier alpha value is -2.22. The first-order valence-electron chi connectivity index (χ1n) is 10.5. The third-order valence-electron chi connectivity index (χ3n) is 6.41. The predicted octanol–water partition coefficient (Wildman–Crippen LogP) is 1.99. The number of nitrogens with zero attached hydrogens (tertiary/aromatic N) is 4. The summed E-state index contributed by atoms with van der Waals surface area (Å²) in [5.74, 6) is 0.392. The lowest BCUT2D eigenvalue weighted by atomic mass is 9.83. The summed E-state index contributed by atoms with van der Waals surface area (Å²) in [6.07, 6.45) is 2.52. The Bertz CT molecular complexity index is 1000. The number of carbonyl (C=O) groups excluding carboxylic acids is 1. The van der Waals surface area contributed by atoms with Crippen LogP contribution in [0.5, 0.6) is 0 Å². The van der Waals surface area contributed by atoms with Crippen LogP contribution < -0.4 is 5.56 Å². The van der Waals surface area contributed by atoms with Gasteiger partial charge in [0.15, 0.2) is 0 Å². The third kappa shape index (κ3) is 3.77. The summed E-state index contributed by atoms with van der Waals surface area (Å²) in [6, 6.07) is 7.43. The summed E-state index contributed by atoms with van der Waals surface area (Å²) < 4.78 is 7.36. The van der Waals surface area contributed by atoms with Gasteiger partial charge in [0, 0.05) is 62.6 Å². The van der Waals surface area contributed by atoms with E-state index in [1.165, 1.54) is 6.20 Å². The van der Waals surface area contributed by atoms with Crippen molar-refractivity contribution in [3.05, 3.63) is 62.8 Å². The Kier molecular flexibility index (Phi) is 5.35. The van der Waals surface area contributed by atoms with Crippen LogP contribution in [0.4, 0.5) is 0 Å². The summed E-state index contributed by atoms with van der Waals surface area (Å²) in [6.45, 7) is 5.78. The van der Waals surface area contributed by atoms with E-state index in [9.17, 15) is 9.59 Å². The molecule has 30 heavy (non-hydrogen) atoms. The molecule has 0 aromatic carbocycles. The molecular weight excluding hydrogens is 404 g/mol. The molecule has 2 aromatic rings. The zero-order valence-corrected chi connectivity index (χ0v) is 17.6. The van der Waals surface area contributed by atoms with E-state index in [0.29, 0.717) is 36.9 Å². The van der Waals surface area contributed by atoms with Gasteiger partial charge in [0.05, 0.1) is 18.2 Å². The molecule has 5 heterocycles. The van der Waals surface area contributed by atoms with Crippen molar-refractivity contribution in [2.75, 3.05) is 39.4 Å². The van der Waals surface area contributed by atoms with Gasteiger partial charge in [-0.2, -0.15) is 0 Å². The number of morpholine rings is 1. The van der Waals surface area contributed by atoms with Crippen molar-refractivity contribution >= 4 is 17.5 Å². The Labute approximate surface area is 180 Å². The smallest absolute Gasteiger partial charge is 0.272 e. The average Bonchev–Trinajstić information content (AvgIpc) is 2.77. The topological polar surface area (TPSA) is 67.7 Å². The highest BCUT2D eigenvalue weighted by atomic mass is 35.5. The zero-order valence-electron chi connectivity index (χ0n) is 16.8. The maximum absolute atomic E-state index is 13.2. The minimum absolute atomic E-state index is 0.0684. The largest absolute Gasteiger partial charge is 0.379 e. The standard InChI is InChI=1S/C22H25ClN4O3/c23-18-2-3-19(24-10-18)22(29)26-11-15-9-17(14-26)20-4-1-16(21(28)27(20)12-15)13-25-5-7-30-8-6-25/h1-4,10,15,17H,5-9,11-14H2/t15-,17+/m0/s1. The van der Waals surface area contributed by atoms with E-state index in [4.69, 9.17) is 16.3 Å². The Morgan fingerprint density at radius 1 is 1.13 bits per heavy atom. The number of hydrogen-bond donors (Lipinski definition) is 0. The molecule has 0 spiro atoms. The van der Waals surface area contributed by atoms with Crippen LogP contribution in [0.3, 0.4) is 0 Å². The van der Waals surface area contributed by atoms with Gasteiger partial charge < -0.3 is 14.2 Å². The number of carbonyl (C=O) groups is 1. The van der Waals surface area contributed by atoms with Crippen molar-refractivity contribution in [2.24, 2.45) is 5.92 Å². The lowest BCUT2D eigenvalue weighted by Crippen LogP contribution is -2.49. The molecule has 0 saturated carbocycles. The minimum atomic E-state index is -0.0684. The monoisotopic (exact) mass is 428 g/mol. The molecule has 2 aromatic heterocycles. The first-order chi connectivity index (χ1) is 14.6. The quantitative estimate of drug-likeness (QED) is 0.747. The Morgan fingerprint density at radius 2 is 1.97 bits per heavy atom. The molecule has 3 aliphatic heterocycles. The molecule has 0 unspecified atom stereocenters. The van der Waals surface area contributed by atoms with E-state index in [-0.39, 0.29) is 23.3 Å². The SMILES string of the molecule is O=C(c1ccc(Cl)cn1)N1C[C@@H]2C[C@H](C1)c1ccc(CN3CCOCC3)c(=O)n1C2. The Balaban J connectivity index is 1.36. The van der Waals surface area contributed by atoms with Crippen LogP contribution in [0.1, 0.15) is 34.1 Å². The minimum Gasteiger partial charge on any atom is -0.379 e. The Morgan fingerprint density at radius 3 is 2.73 bits per heavy atom. The van der Waals surface area contributed by atoms with Gasteiger partial charge in [0.25, 0.3) is 11.5 Å². The lowest BCUT2D eigenvalue weighted by Gasteiger charge is -2.42. The predicted molar refractivity (Wildman–Crippen MR) is 113 cm³/mol. The van der Waals surface area contributed by atoms with E-state index >= 15 is 0 Å². The molecule has 8 heteroatoms. The fourth-order valence-corrected chi connectivity index (χ4v) is 5.05. The van der Waals surface area contributed by atoms with Crippen molar-refractivity contribution < 1.29 is 9.53 Å². The fraction of sp³-hybridized carbons (Fsp3) is 0.500. The maximum Gasteiger partial charge on any atom is 0.272 e. The van der Waals surface area contributed by atoms with Gasteiger partial charge in [-0.25, -0.2) is 4.98 Å². The van der Waals surface area contributed by atoms with Crippen molar-refractivity contribution in [1.82, 2.24) is 19.4 Å². The van der Waals surface area contributed by atoms with Crippen molar-refractivity contribution in [3.8, 4) is 0 Å². The van der Waals surface area contributed by atoms with Crippen LogP contribution in [0.15, 0.2) is 35.3 Å². The molecular formula is C22H25ClN4O3. The molecule has 3 aliphatic rings. The molecule has 0 radical (unpaired) electrons. The van der Waals surface area contributed by atoms with E-state index in [1.54, 1.807) is 12.1 Å². The molecule has 7 nitrogen and oxygen atoms in total. The van der Waals surface area contributed by atoms with Crippen LogP contribution in [-0.2, 0) is 17.8 Å². The number of halogens is 1. The van der Waals surface area contributed by atoms with Gasteiger partial charge in [-0.05, 0) is 30.5 Å². The summed E-state index contributed by atoms with van der Waals surface area (Å²) in [5, 5.41) is 0.517. The zero-order chi connectivity index (χ0) is 20.7. The number of ether oxygens (including phenoxy) is 1. The fourth-order valence-electron chi connectivity index (χ4n) is 4.94. The van der Waals surface area contributed by atoms with Gasteiger partial charge in [-0.15, -0.1) is 0 Å². The molecule has 1 amide bonds. The number of piperidine rings is 1. The second-order valence-electron chi connectivity index (χ2n) is 8.46. The second-order valence-corrected chi connectivity index (χ2v) is 8.89. The second kappa shape index (κ2) is 8.13. The van der Waals surface area contributed by atoms with Crippen LogP contribution in [-0.4, -0.2) is 64.7 Å². The van der Waals surface area contributed by atoms with Gasteiger partial charge >= 0.3 is 0 Å². The first-order valence-corrected chi connectivity index (χ1v) is 10.9. The summed E-state index contributed by atoms with van der Waals surface area (Å²) in [7, 11) is 0. The summed E-state index contributed by atoms with van der Waals surface area (Å²) >= 11 is 5.90. The van der Waals surface area contributed by atoms with E-state index in [0.717, 1.165) is 44.0 Å². The summed E-state index contributed by atoms with van der Waals surface area (Å²) in [4.78, 5) is 34.5. The number of fused-ring (bicyclic) bond motifs is 4. The average molecular weight is 429 g/mol. The highest BCUT2D eigenvalue weighted by molar-refractivity contribution is 6.30. The normalized spacial score (nSPS) is 23.8. The third-order valence-corrected chi connectivity index (χ3v) is 6.64. The molecule has 0 N–H and O–H groups in total. The molecule has 158 valence electrons. The summed E-state index contributed by atoms with van der Waals surface area (Å²) in [5.41, 5.74) is 2.42. The number of hydrogen-bond acceptors (Lipinski definition) is 5. The van der Waals surface area contributed by atoms with Crippen LogP contribution in [0.2, 0.25) is 5.02 Å². The van der Waals surface area contributed by atoms with Crippen molar-refractivity contribution in [2.45, 2.75) is 25.4 Å². The highest BCUT2D eigenvalue weighted by Gasteiger charge is 2.37. The van der Waals surface area contributed by atoms with Gasteiger partial charge in [0.2, 0.25) is 0 Å².